The molecule has 1 saturated heterocycles. The Kier molecular flexibility index (Phi) is 5.81. The fourth-order valence-corrected chi connectivity index (χ4v) is 2.83. The molecule has 7 heteroatoms. The number of benzene rings is 1. The number of morpholine rings is 1. The highest BCUT2D eigenvalue weighted by atomic mass is 16.5. The summed E-state index contributed by atoms with van der Waals surface area (Å²) in [6.45, 7) is 4.19. The van der Waals surface area contributed by atoms with Gasteiger partial charge in [0.05, 0.1) is 31.5 Å². The number of aromatic amines is 1. The molecule has 0 spiro atoms. The summed E-state index contributed by atoms with van der Waals surface area (Å²) in [6, 6.07) is 12.1. The Labute approximate surface area is 141 Å². The number of nitrogens with zero attached hydrogens (tertiary/aromatic N) is 2. The van der Waals surface area contributed by atoms with Gasteiger partial charge < -0.3 is 15.4 Å². The Hall–Kier alpha value is -2.38. The molecule has 3 rings (SSSR count). The number of H-pyrrole nitrogens is 1. The van der Waals surface area contributed by atoms with E-state index >= 15 is 0 Å². The van der Waals surface area contributed by atoms with Crippen LogP contribution >= 0.6 is 0 Å². The van der Waals surface area contributed by atoms with Crippen molar-refractivity contribution < 1.29 is 9.53 Å². The predicted octanol–water partition coefficient (Wildman–Crippen LogP) is 1.28. The average Bonchev–Trinajstić information content (AvgIpc) is 3.16. The highest BCUT2D eigenvalue weighted by Gasteiger charge is 2.22. The molecule has 2 aromatic rings. The van der Waals surface area contributed by atoms with Crippen molar-refractivity contribution >= 4 is 6.03 Å². The number of amides is 2. The number of carbonyl (C=O) groups excluding carboxylic acids is 1. The Balaban J connectivity index is 1.56. The zero-order valence-electron chi connectivity index (χ0n) is 13.6. The first-order valence-corrected chi connectivity index (χ1v) is 8.19. The predicted molar refractivity (Wildman–Crippen MR) is 90.4 cm³/mol. The molecule has 1 aliphatic heterocycles. The summed E-state index contributed by atoms with van der Waals surface area (Å²) in [4.78, 5) is 14.4. The number of carbonyl (C=O) groups is 1. The summed E-state index contributed by atoms with van der Waals surface area (Å²) in [5.74, 6) is 0. The van der Waals surface area contributed by atoms with Crippen LogP contribution in [-0.2, 0) is 11.3 Å². The Morgan fingerprint density at radius 3 is 2.71 bits per heavy atom. The van der Waals surface area contributed by atoms with Crippen molar-refractivity contribution in [1.82, 2.24) is 25.7 Å². The van der Waals surface area contributed by atoms with Crippen LogP contribution < -0.4 is 10.6 Å². The van der Waals surface area contributed by atoms with Gasteiger partial charge in [-0.3, -0.25) is 10.00 Å². The van der Waals surface area contributed by atoms with Crippen LogP contribution in [0, 0.1) is 0 Å². The van der Waals surface area contributed by atoms with E-state index in [2.05, 4.69) is 37.9 Å². The molecule has 1 atom stereocenters. The summed E-state index contributed by atoms with van der Waals surface area (Å²) < 4.78 is 5.44. The molecule has 7 nitrogen and oxygen atoms in total. The molecule has 24 heavy (non-hydrogen) atoms. The Bertz CT molecular complexity index is 611. The minimum Gasteiger partial charge on any atom is -0.379 e. The molecule has 1 fully saturated rings. The summed E-state index contributed by atoms with van der Waals surface area (Å²) in [5.41, 5.74) is 2.08. The van der Waals surface area contributed by atoms with Crippen LogP contribution in [0.1, 0.15) is 17.3 Å². The van der Waals surface area contributed by atoms with Crippen LogP contribution in [0.25, 0.3) is 0 Å². The molecule has 1 aromatic heterocycles. The monoisotopic (exact) mass is 329 g/mol. The number of urea groups is 1. The zero-order chi connectivity index (χ0) is 16.6. The molecule has 2 heterocycles. The molecule has 1 aliphatic rings. The second-order valence-corrected chi connectivity index (χ2v) is 5.72. The van der Waals surface area contributed by atoms with Crippen LogP contribution in [0.3, 0.4) is 0 Å². The molecule has 0 bridgehead atoms. The van der Waals surface area contributed by atoms with Gasteiger partial charge in [0.15, 0.2) is 0 Å². The largest absolute Gasteiger partial charge is 0.379 e. The smallest absolute Gasteiger partial charge is 0.315 e. The van der Waals surface area contributed by atoms with Crippen molar-refractivity contribution in [1.29, 1.82) is 0 Å². The fraction of sp³-hybridized carbons (Fsp3) is 0.412. The van der Waals surface area contributed by atoms with E-state index in [0.29, 0.717) is 13.1 Å². The normalized spacial score (nSPS) is 16.5. The van der Waals surface area contributed by atoms with Crippen molar-refractivity contribution in [2.75, 3.05) is 32.8 Å². The van der Waals surface area contributed by atoms with E-state index < -0.39 is 0 Å². The van der Waals surface area contributed by atoms with Gasteiger partial charge in [-0.25, -0.2) is 4.79 Å². The third-order valence-corrected chi connectivity index (χ3v) is 4.12. The molecule has 2 amide bonds. The number of ether oxygens (including phenoxy) is 1. The van der Waals surface area contributed by atoms with Crippen molar-refractivity contribution in [3.63, 3.8) is 0 Å². The molecule has 128 valence electrons. The van der Waals surface area contributed by atoms with Gasteiger partial charge in [0, 0.05) is 25.8 Å². The van der Waals surface area contributed by atoms with Gasteiger partial charge in [-0.05, 0) is 11.6 Å². The minimum atomic E-state index is -0.182. The van der Waals surface area contributed by atoms with Gasteiger partial charge in [0.1, 0.15) is 0 Å². The third kappa shape index (κ3) is 4.56. The van der Waals surface area contributed by atoms with Gasteiger partial charge in [-0.15, -0.1) is 0 Å². The molecular weight excluding hydrogens is 306 g/mol. The fourth-order valence-electron chi connectivity index (χ4n) is 2.83. The zero-order valence-corrected chi connectivity index (χ0v) is 13.6. The molecule has 1 aromatic carbocycles. The first-order valence-electron chi connectivity index (χ1n) is 8.19. The minimum absolute atomic E-state index is 0.146. The summed E-state index contributed by atoms with van der Waals surface area (Å²) in [5, 5.41) is 12.5. The molecule has 0 radical (unpaired) electrons. The quantitative estimate of drug-likeness (QED) is 0.746. The number of nitrogens with one attached hydrogen (secondary N) is 3. The first-order chi connectivity index (χ1) is 11.8. The van der Waals surface area contributed by atoms with Gasteiger partial charge in [-0.1, -0.05) is 30.3 Å². The van der Waals surface area contributed by atoms with Crippen LogP contribution in [0.15, 0.2) is 42.6 Å². The lowest BCUT2D eigenvalue weighted by Gasteiger charge is -2.34. The standard InChI is InChI=1S/C17H23N5O2/c23-17(18-12-15-6-7-20-21-15)19-13-16(14-4-2-1-3-5-14)22-8-10-24-11-9-22/h1-7,16H,8-13H2,(H,20,21)(H2,18,19,23). The third-order valence-electron chi connectivity index (χ3n) is 4.12. The lowest BCUT2D eigenvalue weighted by molar-refractivity contribution is 0.0167. The highest BCUT2D eigenvalue weighted by molar-refractivity contribution is 5.73. The maximum atomic E-state index is 12.1. The SMILES string of the molecule is O=C(NCc1ccn[nH]1)NCC(c1ccccc1)N1CCOCC1. The van der Waals surface area contributed by atoms with Crippen molar-refractivity contribution in [3.05, 3.63) is 53.9 Å². The first kappa shape index (κ1) is 16.5. The Morgan fingerprint density at radius 2 is 2.00 bits per heavy atom. The van der Waals surface area contributed by atoms with E-state index in [9.17, 15) is 4.79 Å². The van der Waals surface area contributed by atoms with E-state index in [-0.39, 0.29) is 12.1 Å². The topological polar surface area (TPSA) is 82.3 Å². The van der Waals surface area contributed by atoms with Crippen molar-refractivity contribution in [2.24, 2.45) is 0 Å². The number of hydrogen-bond donors (Lipinski definition) is 3. The Morgan fingerprint density at radius 1 is 1.21 bits per heavy atom. The van der Waals surface area contributed by atoms with Crippen LogP contribution in [-0.4, -0.2) is 54.0 Å². The van der Waals surface area contributed by atoms with Gasteiger partial charge in [-0.2, -0.15) is 5.10 Å². The van der Waals surface area contributed by atoms with E-state index in [1.807, 2.05) is 24.3 Å². The molecule has 1 unspecified atom stereocenters. The van der Waals surface area contributed by atoms with Gasteiger partial charge in [0.25, 0.3) is 0 Å². The van der Waals surface area contributed by atoms with E-state index in [1.165, 1.54) is 5.56 Å². The van der Waals surface area contributed by atoms with Crippen LogP contribution in [0.5, 0.6) is 0 Å². The van der Waals surface area contributed by atoms with E-state index in [1.54, 1.807) is 6.20 Å². The summed E-state index contributed by atoms with van der Waals surface area (Å²) >= 11 is 0. The molecular formula is C17H23N5O2. The van der Waals surface area contributed by atoms with Gasteiger partial charge >= 0.3 is 6.03 Å². The van der Waals surface area contributed by atoms with E-state index in [0.717, 1.165) is 32.0 Å². The second kappa shape index (κ2) is 8.47. The van der Waals surface area contributed by atoms with Crippen molar-refractivity contribution in [2.45, 2.75) is 12.6 Å². The highest BCUT2D eigenvalue weighted by Crippen LogP contribution is 2.20. The van der Waals surface area contributed by atoms with E-state index in [4.69, 9.17) is 4.74 Å². The number of aromatic nitrogens is 2. The summed E-state index contributed by atoms with van der Waals surface area (Å²) in [7, 11) is 0. The maximum Gasteiger partial charge on any atom is 0.315 e. The second-order valence-electron chi connectivity index (χ2n) is 5.72. The lowest BCUT2D eigenvalue weighted by atomic mass is 10.0. The molecule has 0 saturated carbocycles. The average molecular weight is 329 g/mol. The summed E-state index contributed by atoms with van der Waals surface area (Å²) in [6.07, 6.45) is 1.67. The number of hydrogen-bond acceptors (Lipinski definition) is 4. The van der Waals surface area contributed by atoms with Crippen molar-refractivity contribution in [3.8, 4) is 0 Å². The maximum absolute atomic E-state index is 12.1. The number of rotatable bonds is 6. The molecule has 0 aliphatic carbocycles. The van der Waals surface area contributed by atoms with Crippen LogP contribution in [0.2, 0.25) is 0 Å². The molecule has 3 N–H and O–H groups in total. The van der Waals surface area contributed by atoms with Crippen LogP contribution in [0.4, 0.5) is 4.79 Å². The van der Waals surface area contributed by atoms with Gasteiger partial charge in [0.2, 0.25) is 0 Å². The lowest BCUT2D eigenvalue weighted by Crippen LogP contribution is -2.45.